The molecule has 0 aliphatic carbocycles. The molecule has 5 aromatic rings. The number of benzene rings is 4. The third-order valence-corrected chi connectivity index (χ3v) is 6.95. The van der Waals surface area contributed by atoms with Crippen molar-refractivity contribution in [2.75, 3.05) is 12.3 Å². The lowest BCUT2D eigenvalue weighted by molar-refractivity contribution is -0.136. The second kappa shape index (κ2) is 12.3. The van der Waals surface area contributed by atoms with Gasteiger partial charge in [0.15, 0.2) is 0 Å². The monoisotopic (exact) mass is 584 g/mol. The van der Waals surface area contributed by atoms with Gasteiger partial charge >= 0.3 is 5.97 Å². The van der Waals surface area contributed by atoms with E-state index in [9.17, 15) is 9.59 Å². The Balaban J connectivity index is 1.45. The first kappa shape index (κ1) is 28.0. The molecule has 5 rings (SSSR count). The molecule has 206 valence electrons. The number of carboxylic acids is 1. The SMILES string of the molecule is Nc1cccc(-c2ccc(-c3cc(-c4cc(Cl)cc(Cl)c4)nn3Cc3ccc(C(=O)NCCC(=O)O)cc3)cc2)c1. The van der Waals surface area contributed by atoms with Gasteiger partial charge in [-0.15, -0.1) is 0 Å². The highest BCUT2D eigenvalue weighted by Gasteiger charge is 2.14. The first-order chi connectivity index (χ1) is 19.7. The molecule has 0 saturated heterocycles. The van der Waals surface area contributed by atoms with E-state index in [1.807, 2.05) is 71.4 Å². The highest BCUT2D eigenvalue weighted by Crippen LogP contribution is 2.32. The predicted octanol–water partition coefficient (Wildman–Crippen LogP) is 7.03. The number of anilines is 1. The summed E-state index contributed by atoms with van der Waals surface area (Å²) in [5.41, 5.74) is 13.5. The van der Waals surface area contributed by atoms with Gasteiger partial charge in [-0.3, -0.25) is 14.3 Å². The largest absolute Gasteiger partial charge is 0.481 e. The van der Waals surface area contributed by atoms with Gasteiger partial charge in [0, 0.05) is 33.4 Å². The maximum absolute atomic E-state index is 12.3. The molecule has 9 heteroatoms. The van der Waals surface area contributed by atoms with E-state index in [0.29, 0.717) is 27.8 Å². The van der Waals surface area contributed by atoms with Gasteiger partial charge in [0.25, 0.3) is 5.91 Å². The van der Waals surface area contributed by atoms with Gasteiger partial charge in [0.1, 0.15) is 0 Å². The first-order valence-corrected chi connectivity index (χ1v) is 13.6. The van der Waals surface area contributed by atoms with Crippen molar-refractivity contribution in [1.29, 1.82) is 0 Å². The highest BCUT2D eigenvalue weighted by molar-refractivity contribution is 6.35. The molecule has 0 saturated carbocycles. The minimum absolute atomic E-state index is 0.0688. The molecule has 0 fully saturated rings. The van der Waals surface area contributed by atoms with Gasteiger partial charge in [0.05, 0.1) is 24.4 Å². The maximum Gasteiger partial charge on any atom is 0.305 e. The Morgan fingerprint density at radius 3 is 2.15 bits per heavy atom. The van der Waals surface area contributed by atoms with E-state index in [4.69, 9.17) is 39.1 Å². The molecule has 4 aromatic carbocycles. The topological polar surface area (TPSA) is 110 Å². The molecule has 7 nitrogen and oxygen atoms in total. The van der Waals surface area contributed by atoms with Crippen LogP contribution in [0.2, 0.25) is 10.0 Å². The van der Waals surface area contributed by atoms with Crippen molar-refractivity contribution in [3.8, 4) is 33.6 Å². The predicted molar refractivity (Wildman–Crippen MR) is 163 cm³/mol. The van der Waals surface area contributed by atoms with Crippen LogP contribution in [0.1, 0.15) is 22.3 Å². The number of nitrogens with zero attached hydrogens (tertiary/aromatic N) is 2. The zero-order chi connectivity index (χ0) is 28.9. The third-order valence-electron chi connectivity index (χ3n) is 6.51. The molecule has 1 aromatic heterocycles. The third kappa shape index (κ3) is 6.95. The molecular weight excluding hydrogens is 559 g/mol. The summed E-state index contributed by atoms with van der Waals surface area (Å²) in [5.74, 6) is -1.28. The number of amides is 1. The number of hydrogen-bond donors (Lipinski definition) is 3. The molecule has 0 unspecified atom stereocenters. The summed E-state index contributed by atoms with van der Waals surface area (Å²) in [6.07, 6.45) is -0.132. The first-order valence-electron chi connectivity index (χ1n) is 12.8. The van der Waals surface area contributed by atoms with Crippen molar-refractivity contribution in [1.82, 2.24) is 15.1 Å². The van der Waals surface area contributed by atoms with Crippen molar-refractivity contribution in [2.45, 2.75) is 13.0 Å². The summed E-state index contributed by atoms with van der Waals surface area (Å²) in [7, 11) is 0. The molecule has 0 atom stereocenters. The van der Waals surface area contributed by atoms with Crippen molar-refractivity contribution in [3.05, 3.63) is 118 Å². The molecule has 4 N–H and O–H groups in total. The Hall–Kier alpha value is -4.59. The Kier molecular flexibility index (Phi) is 8.38. The van der Waals surface area contributed by atoms with Crippen LogP contribution in [0, 0.1) is 0 Å². The van der Waals surface area contributed by atoms with Gasteiger partial charge in [-0.1, -0.05) is 71.7 Å². The fourth-order valence-corrected chi connectivity index (χ4v) is 5.01. The zero-order valence-corrected chi connectivity index (χ0v) is 23.4. The molecule has 1 heterocycles. The van der Waals surface area contributed by atoms with Gasteiger partial charge < -0.3 is 16.2 Å². The van der Waals surface area contributed by atoms with Crippen LogP contribution in [0.3, 0.4) is 0 Å². The number of carboxylic acid groups (broad SMARTS) is 1. The quantitative estimate of drug-likeness (QED) is 0.161. The molecule has 0 aliphatic heterocycles. The van der Waals surface area contributed by atoms with Gasteiger partial charge in [-0.05, 0) is 70.8 Å². The number of nitrogens with one attached hydrogen (secondary N) is 1. The molecule has 0 radical (unpaired) electrons. The van der Waals surface area contributed by atoms with Gasteiger partial charge in [-0.25, -0.2) is 0 Å². The average molecular weight is 585 g/mol. The molecule has 0 spiro atoms. The summed E-state index contributed by atoms with van der Waals surface area (Å²) in [4.78, 5) is 23.1. The number of aliphatic carboxylic acids is 1. The average Bonchev–Trinajstić information content (AvgIpc) is 3.36. The lowest BCUT2D eigenvalue weighted by Crippen LogP contribution is -2.25. The van der Waals surface area contributed by atoms with E-state index in [2.05, 4.69) is 17.4 Å². The smallest absolute Gasteiger partial charge is 0.305 e. The molecule has 0 aliphatic rings. The summed E-state index contributed by atoms with van der Waals surface area (Å²) >= 11 is 12.6. The van der Waals surface area contributed by atoms with Crippen LogP contribution in [0.4, 0.5) is 5.69 Å². The second-order valence-corrected chi connectivity index (χ2v) is 10.4. The van der Waals surface area contributed by atoms with E-state index < -0.39 is 5.97 Å². The number of aromatic nitrogens is 2. The number of halogens is 2. The molecular formula is C32H26Cl2N4O3. The molecule has 1 amide bonds. The zero-order valence-electron chi connectivity index (χ0n) is 21.9. The lowest BCUT2D eigenvalue weighted by atomic mass is 10.0. The maximum atomic E-state index is 12.3. The summed E-state index contributed by atoms with van der Waals surface area (Å²) in [5, 5.41) is 17.3. The number of nitrogen functional groups attached to an aromatic ring is 1. The Morgan fingerprint density at radius 1 is 0.805 bits per heavy atom. The fourth-order valence-electron chi connectivity index (χ4n) is 4.48. The van der Waals surface area contributed by atoms with Crippen molar-refractivity contribution in [3.63, 3.8) is 0 Å². The van der Waals surface area contributed by atoms with Crippen molar-refractivity contribution < 1.29 is 14.7 Å². The van der Waals surface area contributed by atoms with Crippen LogP contribution in [0.25, 0.3) is 33.6 Å². The van der Waals surface area contributed by atoms with Crippen LogP contribution >= 0.6 is 23.2 Å². The van der Waals surface area contributed by atoms with Gasteiger partial charge in [-0.2, -0.15) is 5.10 Å². The van der Waals surface area contributed by atoms with E-state index in [1.54, 1.807) is 18.2 Å². The number of hydrogen-bond acceptors (Lipinski definition) is 4. The lowest BCUT2D eigenvalue weighted by Gasteiger charge is -2.10. The Labute approximate surface area is 247 Å². The van der Waals surface area contributed by atoms with E-state index >= 15 is 0 Å². The minimum Gasteiger partial charge on any atom is -0.481 e. The molecule has 0 bridgehead atoms. The number of carbonyl (C=O) groups is 2. The Bertz CT molecular complexity index is 1690. The normalized spacial score (nSPS) is 10.9. The van der Waals surface area contributed by atoms with E-state index in [-0.39, 0.29) is 18.9 Å². The number of carbonyl (C=O) groups excluding carboxylic acids is 1. The summed E-state index contributed by atoms with van der Waals surface area (Å²) in [6.45, 7) is 0.515. The van der Waals surface area contributed by atoms with Crippen LogP contribution in [-0.2, 0) is 11.3 Å². The fraction of sp³-hybridized carbons (Fsp3) is 0.0938. The van der Waals surface area contributed by atoms with Crippen LogP contribution in [-0.4, -0.2) is 33.3 Å². The summed E-state index contributed by atoms with van der Waals surface area (Å²) < 4.78 is 1.90. The van der Waals surface area contributed by atoms with E-state index in [0.717, 1.165) is 39.2 Å². The Morgan fingerprint density at radius 2 is 1.49 bits per heavy atom. The number of rotatable bonds is 9. The summed E-state index contributed by atoms with van der Waals surface area (Å²) in [6, 6.07) is 30.4. The van der Waals surface area contributed by atoms with Crippen LogP contribution in [0.5, 0.6) is 0 Å². The van der Waals surface area contributed by atoms with Crippen LogP contribution < -0.4 is 11.1 Å². The van der Waals surface area contributed by atoms with Gasteiger partial charge in [0.2, 0.25) is 0 Å². The number of nitrogens with two attached hydrogens (primary N) is 1. The van der Waals surface area contributed by atoms with Crippen molar-refractivity contribution in [2.24, 2.45) is 0 Å². The highest BCUT2D eigenvalue weighted by atomic mass is 35.5. The van der Waals surface area contributed by atoms with Crippen LogP contribution in [0.15, 0.2) is 97.1 Å². The van der Waals surface area contributed by atoms with Crippen molar-refractivity contribution >= 4 is 40.8 Å². The standard InChI is InChI=1S/C32H26Cl2N4O3/c33-26-14-25(15-27(34)17-26)29-18-30(22-10-8-21(9-11-22)24-2-1-3-28(35)16-24)38(37-29)19-20-4-6-23(7-5-20)32(41)36-13-12-31(39)40/h1-11,14-18H,12-13,19,35H2,(H,36,41)(H,39,40). The second-order valence-electron chi connectivity index (χ2n) is 9.53. The minimum atomic E-state index is -0.963. The molecule has 41 heavy (non-hydrogen) atoms. The van der Waals surface area contributed by atoms with E-state index in [1.165, 1.54) is 0 Å².